The van der Waals surface area contributed by atoms with Gasteiger partial charge in [-0.3, -0.25) is 9.59 Å². The quantitative estimate of drug-likeness (QED) is 0.279. The first-order valence-electron chi connectivity index (χ1n) is 10.4. The minimum Gasteiger partial charge on any atom is -0.493 e. The van der Waals surface area contributed by atoms with Crippen molar-refractivity contribution in [3.63, 3.8) is 0 Å². The second kappa shape index (κ2) is 12.8. The van der Waals surface area contributed by atoms with Gasteiger partial charge < -0.3 is 19.5 Å². The second-order valence-corrected chi connectivity index (χ2v) is 8.43. The number of carbonyl (C=O) groups is 2. The van der Waals surface area contributed by atoms with E-state index in [-0.39, 0.29) is 13.2 Å². The Hall–Kier alpha value is -3.56. The average Bonchev–Trinajstić information content (AvgIpc) is 2.87. The molecule has 0 aromatic heterocycles. The Morgan fingerprint density at radius 3 is 2.49 bits per heavy atom. The summed E-state index contributed by atoms with van der Waals surface area (Å²) in [6.45, 7) is 0.00947. The van der Waals surface area contributed by atoms with Crippen LogP contribution in [0.1, 0.15) is 21.5 Å². The molecule has 0 radical (unpaired) electrons. The van der Waals surface area contributed by atoms with Crippen molar-refractivity contribution in [3.05, 3.63) is 86.8 Å². The van der Waals surface area contributed by atoms with Crippen molar-refractivity contribution in [3.8, 4) is 17.2 Å². The van der Waals surface area contributed by atoms with Crippen LogP contribution in [0.15, 0.2) is 70.2 Å². The van der Waals surface area contributed by atoms with Crippen molar-refractivity contribution in [2.24, 2.45) is 5.10 Å². The molecule has 2 amide bonds. The Bertz CT molecular complexity index is 1240. The zero-order valence-electron chi connectivity index (χ0n) is 19.0. The highest BCUT2D eigenvalue weighted by atomic mass is 79.9. The maximum atomic E-state index is 12.4. The molecule has 0 heterocycles. The van der Waals surface area contributed by atoms with E-state index in [1.807, 2.05) is 24.3 Å². The lowest BCUT2D eigenvalue weighted by molar-refractivity contribution is -0.120. The highest BCUT2D eigenvalue weighted by Gasteiger charge is 2.12. The van der Waals surface area contributed by atoms with E-state index in [1.165, 1.54) is 26.5 Å². The van der Waals surface area contributed by atoms with Gasteiger partial charge in [0.15, 0.2) is 11.5 Å². The molecule has 2 N–H and O–H groups in total. The Kier molecular flexibility index (Phi) is 9.51. The molecule has 0 saturated heterocycles. The number of nitrogens with one attached hydrogen (secondary N) is 2. The lowest BCUT2D eigenvalue weighted by Crippen LogP contribution is -2.34. The summed E-state index contributed by atoms with van der Waals surface area (Å²) in [6.07, 6.45) is 1.46. The van der Waals surface area contributed by atoms with Crippen LogP contribution in [0, 0.1) is 0 Å². The number of ether oxygens (including phenoxy) is 3. The molecule has 0 saturated carbocycles. The van der Waals surface area contributed by atoms with Crippen LogP contribution in [0.5, 0.6) is 17.2 Å². The predicted molar refractivity (Wildman–Crippen MR) is 138 cm³/mol. The maximum absolute atomic E-state index is 12.4. The van der Waals surface area contributed by atoms with Gasteiger partial charge in [0.1, 0.15) is 12.4 Å². The summed E-state index contributed by atoms with van der Waals surface area (Å²) in [4.78, 5) is 24.5. The lowest BCUT2D eigenvalue weighted by atomic mass is 10.2. The largest absolute Gasteiger partial charge is 0.493 e. The number of amides is 2. The lowest BCUT2D eigenvalue weighted by Gasteiger charge is -2.11. The third kappa shape index (κ3) is 7.46. The standard InChI is InChI=1S/C25H23BrClN3O5/c1-33-22-9-7-16(12-23(22)34-2)25(32)28-14-24(31)30-29-13-18-11-19(26)8-10-21(18)35-15-17-5-3-4-6-20(17)27/h3-13H,14-15H2,1-2H3,(H,28,32)(H,30,31). The van der Waals surface area contributed by atoms with Crippen molar-refractivity contribution in [1.29, 1.82) is 0 Å². The summed E-state index contributed by atoms with van der Waals surface area (Å²) in [5, 5.41) is 7.13. The molecular weight excluding hydrogens is 538 g/mol. The summed E-state index contributed by atoms with van der Waals surface area (Å²) in [6, 6.07) is 17.5. The predicted octanol–water partition coefficient (Wildman–Crippen LogP) is 4.58. The van der Waals surface area contributed by atoms with E-state index in [1.54, 1.807) is 30.3 Å². The van der Waals surface area contributed by atoms with Crippen molar-refractivity contribution in [1.82, 2.24) is 10.7 Å². The van der Waals surface area contributed by atoms with Crippen molar-refractivity contribution in [2.75, 3.05) is 20.8 Å². The number of nitrogens with zero attached hydrogens (tertiary/aromatic N) is 1. The molecule has 0 bridgehead atoms. The number of methoxy groups -OCH3 is 2. The van der Waals surface area contributed by atoms with Crippen LogP contribution in [-0.2, 0) is 11.4 Å². The minimum atomic E-state index is -0.497. The molecule has 0 aliphatic heterocycles. The van der Waals surface area contributed by atoms with Gasteiger partial charge in [0.05, 0.1) is 27.0 Å². The van der Waals surface area contributed by atoms with E-state index < -0.39 is 11.8 Å². The van der Waals surface area contributed by atoms with E-state index in [0.29, 0.717) is 33.4 Å². The van der Waals surface area contributed by atoms with Crippen LogP contribution in [0.4, 0.5) is 0 Å². The fraction of sp³-hybridized carbons (Fsp3) is 0.160. The van der Waals surface area contributed by atoms with Gasteiger partial charge in [-0.15, -0.1) is 0 Å². The SMILES string of the molecule is COc1ccc(C(=O)NCC(=O)NN=Cc2cc(Br)ccc2OCc2ccccc2Cl)cc1OC. The fourth-order valence-electron chi connectivity index (χ4n) is 2.98. The number of hydrogen-bond donors (Lipinski definition) is 2. The Labute approximate surface area is 216 Å². The Morgan fingerprint density at radius 2 is 1.74 bits per heavy atom. The third-order valence-corrected chi connectivity index (χ3v) is 5.62. The third-order valence-electron chi connectivity index (χ3n) is 4.76. The smallest absolute Gasteiger partial charge is 0.259 e. The molecule has 10 heteroatoms. The Balaban J connectivity index is 1.56. The zero-order chi connectivity index (χ0) is 25.2. The van der Waals surface area contributed by atoms with Crippen molar-refractivity contribution < 1.29 is 23.8 Å². The van der Waals surface area contributed by atoms with Gasteiger partial charge in [-0.2, -0.15) is 5.10 Å². The summed E-state index contributed by atoms with van der Waals surface area (Å²) in [5.41, 5.74) is 4.20. The van der Waals surface area contributed by atoms with E-state index in [9.17, 15) is 9.59 Å². The molecular formula is C25H23BrClN3O5. The van der Waals surface area contributed by atoms with E-state index in [2.05, 4.69) is 31.8 Å². The van der Waals surface area contributed by atoms with Crippen LogP contribution >= 0.6 is 27.5 Å². The van der Waals surface area contributed by atoms with Crippen LogP contribution in [0.2, 0.25) is 5.02 Å². The highest BCUT2D eigenvalue weighted by Crippen LogP contribution is 2.27. The van der Waals surface area contributed by atoms with Gasteiger partial charge in [-0.25, -0.2) is 5.43 Å². The number of halogens is 2. The van der Waals surface area contributed by atoms with Gasteiger partial charge in [-0.1, -0.05) is 45.7 Å². The molecule has 0 fully saturated rings. The normalized spacial score (nSPS) is 10.6. The first kappa shape index (κ1) is 26.1. The van der Waals surface area contributed by atoms with Crippen molar-refractivity contribution in [2.45, 2.75) is 6.61 Å². The minimum absolute atomic E-state index is 0.265. The summed E-state index contributed by atoms with van der Waals surface area (Å²) in [5.74, 6) is 0.540. The van der Waals surface area contributed by atoms with E-state index >= 15 is 0 Å². The van der Waals surface area contributed by atoms with E-state index in [0.717, 1.165) is 10.0 Å². The monoisotopic (exact) mass is 559 g/mol. The van der Waals surface area contributed by atoms with Crippen LogP contribution < -0.4 is 25.0 Å². The van der Waals surface area contributed by atoms with Crippen molar-refractivity contribution >= 4 is 45.6 Å². The molecule has 0 aliphatic rings. The van der Waals surface area contributed by atoms with Crippen LogP contribution in [-0.4, -0.2) is 38.8 Å². The number of hydrazone groups is 1. The average molecular weight is 561 g/mol. The second-order valence-electron chi connectivity index (χ2n) is 7.11. The van der Waals surface area contributed by atoms with Crippen LogP contribution in [0.25, 0.3) is 0 Å². The molecule has 3 aromatic rings. The van der Waals surface area contributed by atoms with Gasteiger partial charge in [0.2, 0.25) is 0 Å². The number of carbonyl (C=O) groups excluding carboxylic acids is 2. The van der Waals surface area contributed by atoms with Crippen LogP contribution in [0.3, 0.4) is 0 Å². The van der Waals surface area contributed by atoms with Gasteiger partial charge in [0, 0.05) is 26.2 Å². The maximum Gasteiger partial charge on any atom is 0.259 e. The first-order valence-corrected chi connectivity index (χ1v) is 11.6. The summed E-state index contributed by atoms with van der Waals surface area (Å²) in [7, 11) is 2.98. The van der Waals surface area contributed by atoms with E-state index in [4.69, 9.17) is 25.8 Å². The topological polar surface area (TPSA) is 98.2 Å². The number of benzene rings is 3. The molecule has 8 nitrogen and oxygen atoms in total. The van der Waals surface area contributed by atoms with Gasteiger partial charge >= 0.3 is 0 Å². The van der Waals surface area contributed by atoms with Gasteiger partial charge in [0.25, 0.3) is 11.8 Å². The fourth-order valence-corrected chi connectivity index (χ4v) is 3.55. The molecule has 0 atom stereocenters. The number of rotatable bonds is 10. The first-order chi connectivity index (χ1) is 16.9. The summed E-state index contributed by atoms with van der Waals surface area (Å²) >= 11 is 9.61. The molecule has 182 valence electrons. The number of hydrogen-bond acceptors (Lipinski definition) is 6. The zero-order valence-corrected chi connectivity index (χ0v) is 21.4. The molecule has 0 aliphatic carbocycles. The highest BCUT2D eigenvalue weighted by molar-refractivity contribution is 9.10. The summed E-state index contributed by atoms with van der Waals surface area (Å²) < 4.78 is 17.1. The van der Waals surface area contributed by atoms with Gasteiger partial charge in [-0.05, 0) is 42.5 Å². The molecule has 3 rings (SSSR count). The molecule has 35 heavy (non-hydrogen) atoms. The molecule has 0 unspecified atom stereocenters. The molecule has 3 aromatic carbocycles. The Morgan fingerprint density at radius 1 is 1.00 bits per heavy atom. The molecule has 0 spiro atoms.